The first-order valence-corrected chi connectivity index (χ1v) is 8.76. The van der Waals surface area contributed by atoms with E-state index in [9.17, 15) is 19.5 Å². The Morgan fingerprint density at radius 2 is 1.74 bits per heavy atom. The molecule has 0 aliphatic rings. The summed E-state index contributed by atoms with van der Waals surface area (Å²) in [6, 6.07) is 14.0. The van der Waals surface area contributed by atoms with Crippen LogP contribution in [0.1, 0.15) is 15.9 Å². The van der Waals surface area contributed by atoms with Crippen LogP contribution in [-0.2, 0) is 11.3 Å². The molecule has 0 fully saturated rings. The summed E-state index contributed by atoms with van der Waals surface area (Å²) in [5.41, 5.74) is 0.120. The quantitative estimate of drug-likeness (QED) is 0.575. The van der Waals surface area contributed by atoms with Crippen molar-refractivity contribution < 1.29 is 19.8 Å². The molecule has 3 aromatic rings. The predicted molar refractivity (Wildman–Crippen MR) is 103 cm³/mol. The lowest BCUT2D eigenvalue weighted by Gasteiger charge is -2.15. The van der Waals surface area contributed by atoms with Crippen LogP contribution in [0.25, 0.3) is 10.9 Å². The third kappa shape index (κ3) is 3.85. The van der Waals surface area contributed by atoms with Crippen LogP contribution < -0.4 is 10.9 Å². The number of fused-ring (bicyclic) bond motifs is 1. The van der Waals surface area contributed by atoms with E-state index in [4.69, 9.17) is 5.11 Å². The van der Waals surface area contributed by atoms with Crippen molar-refractivity contribution in [2.24, 2.45) is 0 Å². The molecular weight excluding hydrogens is 416 g/mol. The van der Waals surface area contributed by atoms with Crippen molar-refractivity contribution in [3.8, 4) is 5.75 Å². The molecular formula is C19H15BrN2O5. The molecule has 0 atom stereocenters. The molecule has 0 saturated heterocycles. The molecule has 27 heavy (non-hydrogen) atoms. The summed E-state index contributed by atoms with van der Waals surface area (Å²) in [6.45, 7) is -0.469. The summed E-state index contributed by atoms with van der Waals surface area (Å²) in [7, 11) is 0. The van der Waals surface area contributed by atoms with Gasteiger partial charge in [0, 0.05) is 9.86 Å². The minimum atomic E-state index is -1.25. The molecule has 3 rings (SSSR count). The fourth-order valence-electron chi connectivity index (χ4n) is 2.77. The van der Waals surface area contributed by atoms with E-state index in [-0.39, 0.29) is 6.54 Å². The van der Waals surface area contributed by atoms with Gasteiger partial charge in [-0.3, -0.25) is 14.4 Å². The van der Waals surface area contributed by atoms with E-state index in [0.717, 1.165) is 10.0 Å². The molecule has 0 spiro atoms. The minimum absolute atomic E-state index is 0.187. The number of hydrogen-bond acceptors (Lipinski definition) is 4. The van der Waals surface area contributed by atoms with Crippen molar-refractivity contribution in [1.82, 2.24) is 9.88 Å². The number of carboxylic acids is 1. The zero-order chi connectivity index (χ0) is 19.6. The average Bonchev–Trinajstić information content (AvgIpc) is 2.65. The van der Waals surface area contributed by atoms with Crippen molar-refractivity contribution in [3.05, 3.63) is 74.5 Å². The zero-order valence-corrected chi connectivity index (χ0v) is 15.6. The largest absolute Gasteiger partial charge is 0.506 e. The number of para-hydroxylation sites is 1. The average molecular weight is 431 g/mol. The van der Waals surface area contributed by atoms with Crippen LogP contribution in [0.15, 0.2) is 57.8 Å². The third-order valence-electron chi connectivity index (χ3n) is 4.03. The number of amides is 1. The molecule has 8 heteroatoms. The number of halogens is 1. The molecule has 0 aliphatic carbocycles. The van der Waals surface area contributed by atoms with Crippen LogP contribution in [0.3, 0.4) is 0 Å². The van der Waals surface area contributed by atoms with Gasteiger partial charge in [0.2, 0.25) is 0 Å². The molecule has 0 saturated carbocycles. The second kappa shape index (κ2) is 7.63. The number of aromatic nitrogens is 1. The van der Waals surface area contributed by atoms with Gasteiger partial charge in [-0.05, 0) is 29.8 Å². The summed E-state index contributed by atoms with van der Waals surface area (Å²) >= 11 is 3.35. The lowest BCUT2D eigenvalue weighted by atomic mass is 10.1. The summed E-state index contributed by atoms with van der Waals surface area (Å²) in [6.07, 6.45) is 0. The molecule has 1 amide bonds. The Balaban J connectivity index is 2.16. The first-order chi connectivity index (χ1) is 12.9. The summed E-state index contributed by atoms with van der Waals surface area (Å²) < 4.78 is 2.27. The normalized spacial score (nSPS) is 10.7. The molecule has 138 valence electrons. The summed E-state index contributed by atoms with van der Waals surface area (Å²) in [4.78, 5) is 36.0. The highest BCUT2D eigenvalue weighted by molar-refractivity contribution is 9.10. The molecule has 0 unspecified atom stereocenters. The second-order valence-corrected chi connectivity index (χ2v) is 6.75. The van der Waals surface area contributed by atoms with Crippen LogP contribution in [0, 0.1) is 0 Å². The number of aliphatic carboxylic acids is 1. The van der Waals surface area contributed by atoms with Crippen molar-refractivity contribution >= 4 is 38.7 Å². The minimum Gasteiger partial charge on any atom is -0.506 e. The molecule has 0 bridgehead atoms. The number of carbonyl (C=O) groups is 2. The number of benzene rings is 2. The van der Waals surface area contributed by atoms with Crippen LogP contribution in [-0.4, -0.2) is 33.2 Å². The maximum atomic E-state index is 12.9. The van der Waals surface area contributed by atoms with Gasteiger partial charge in [-0.1, -0.05) is 40.2 Å². The molecule has 7 nitrogen and oxygen atoms in total. The first-order valence-electron chi connectivity index (χ1n) is 7.97. The van der Waals surface area contributed by atoms with E-state index in [1.807, 2.05) is 24.3 Å². The highest BCUT2D eigenvalue weighted by Gasteiger charge is 2.22. The molecule has 0 radical (unpaired) electrons. The van der Waals surface area contributed by atoms with Crippen LogP contribution in [0.5, 0.6) is 5.75 Å². The number of carbonyl (C=O) groups excluding carboxylic acids is 1. The monoisotopic (exact) mass is 430 g/mol. The number of nitrogens with one attached hydrogen (secondary N) is 1. The highest BCUT2D eigenvalue weighted by atomic mass is 79.9. The van der Waals surface area contributed by atoms with E-state index in [1.54, 1.807) is 24.3 Å². The van der Waals surface area contributed by atoms with E-state index in [1.165, 1.54) is 4.57 Å². The third-order valence-corrected chi connectivity index (χ3v) is 4.56. The van der Waals surface area contributed by atoms with E-state index in [2.05, 4.69) is 21.2 Å². The fraction of sp³-hybridized carbons (Fsp3) is 0.105. The zero-order valence-electron chi connectivity index (χ0n) is 14.0. The number of carboxylic acid groups (broad SMARTS) is 1. The van der Waals surface area contributed by atoms with Crippen molar-refractivity contribution in [1.29, 1.82) is 0 Å². The molecule has 0 aliphatic heterocycles. The van der Waals surface area contributed by atoms with Gasteiger partial charge in [-0.2, -0.15) is 0 Å². The summed E-state index contributed by atoms with van der Waals surface area (Å²) in [5.74, 6) is -2.65. The first kappa shape index (κ1) is 18.7. The Labute approximate surface area is 162 Å². The van der Waals surface area contributed by atoms with Crippen molar-refractivity contribution in [2.75, 3.05) is 6.54 Å². The lowest BCUT2D eigenvalue weighted by Crippen LogP contribution is -2.36. The van der Waals surface area contributed by atoms with Gasteiger partial charge in [0.15, 0.2) is 0 Å². The Morgan fingerprint density at radius 3 is 2.41 bits per heavy atom. The SMILES string of the molecule is O=C(O)CNC(=O)c1c(O)c2ccccc2n(Cc2ccc(Br)cc2)c1=O. The smallest absolute Gasteiger partial charge is 0.322 e. The molecule has 3 N–H and O–H groups in total. The standard InChI is InChI=1S/C19H15BrN2O5/c20-12-7-5-11(6-8-12)10-22-14-4-2-1-3-13(14)17(25)16(19(22)27)18(26)21-9-15(23)24/h1-8,25H,9-10H2,(H,21,26)(H,23,24). The Morgan fingerprint density at radius 1 is 1.07 bits per heavy atom. The Hall–Kier alpha value is -3.13. The molecule has 1 heterocycles. The topological polar surface area (TPSA) is 109 Å². The number of pyridine rings is 1. The van der Waals surface area contributed by atoms with Gasteiger partial charge < -0.3 is 20.1 Å². The molecule has 1 aromatic heterocycles. The summed E-state index contributed by atoms with van der Waals surface area (Å²) in [5, 5.41) is 21.6. The van der Waals surface area contributed by atoms with Crippen LogP contribution >= 0.6 is 15.9 Å². The van der Waals surface area contributed by atoms with Crippen LogP contribution in [0.4, 0.5) is 0 Å². The second-order valence-electron chi connectivity index (χ2n) is 5.83. The number of rotatable bonds is 5. The van der Waals surface area contributed by atoms with Gasteiger partial charge in [0.1, 0.15) is 17.9 Å². The number of aromatic hydroxyl groups is 1. The number of hydrogen-bond donors (Lipinski definition) is 3. The van der Waals surface area contributed by atoms with E-state index >= 15 is 0 Å². The van der Waals surface area contributed by atoms with Crippen molar-refractivity contribution in [3.63, 3.8) is 0 Å². The van der Waals surface area contributed by atoms with Gasteiger partial charge in [-0.15, -0.1) is 0 Å². The number of nitrogens with zero attached hydrogens (tertiary/aromatic N) is 1. The Kier molecular flexibility index (Phi) is 5.27. The van der Waals surface area contributed by atoms with Gasteiger partial charge in [-0.25, -0.2) is 0 Å². The van der Waals surface area contributed by atoms with Gasteiger partial charge in [0.05, 0.1) is 12.1 Å². The lowest BCUT2D eigenvalue weighted by molar-refractivity contribution is -0.135. The van der Waals surface area contributed by atoms with Crippen molar-refractivity contribution in [2.45, 2.75) is 6.54 Å². The highest BCUT2D eigenvalue weighted by Crippen LogP contribution is 2.26. The molecule has 2 aromatic carbocycles. The maximum absolute atomic E-state index is 12.9. The predicted octanol–water partition coefficient (Wildman–Crippen LogP) is 2.33. The van der Waals surface area contributed by atoms with Gasteiger partial charge in [0.25, 0.3) is 11.5 Å². The van der Waals surface area contributed by atoms with Crippen LogP contribution in [0.2, 0.25) is 0 Å². The van der Waals surface area contributed by atoms with E-state index in [0.29, 0.717) is 10.9 Å². The maximum Gasteiger partial charge on any atom is 0.322 e. The Bertz CT molecular complexity index is 1090. The fourth-order valence-corrected chi connectivity index (χ4v) is 3.03. The van der Waals surface area contributed by atoms with Gasteiger partial charge >= 0.3 is 5.97 Å². The van der Waals surface area contributed by atoms with E-state index < -0.39 is 35.3 Å².